The minimum Gasteiger partial charge on any atom is -0.467 e. The molecule has 116 valence electrons. The van der Waals surface area contributed by atoms with Crippen LogP contribution in [0.15, 0.2) is 24.3 Å². The molecule has 0 unspecified atom stereocenters. The number of methoxy groups -OCH3 is 1. The Hall–Kier alpha value is -2.24. The normalized spacial score (nSPS) is 14.0. The van der Waals surface area contributed by atoms with Crippen LogP contribution >= 0.6 is 0 Å². The summed E-state index contributed by atoms with van der Waals surface area (Å²) in [7, 11) is 1.26. The van der Waals surface area contributed by atoms with Crippen LogP contribution in [0.3, 0.4) is 0 Å². The first-order valence-corrected chi connectivity index (χ1v) is 6.54. The van der Waals surface area contributed by atoms with Crippen molar-refractivity contribution in [3.63, 3.8) is 0 Å². The van der Waals surface area contributed by atoms with Crippen LogP contribution in [0.1, 0.15) is 33.3 Å². The van der Waals surface area contributed by atoms with Gasteiger partial charge >= 0.3 is 12.1 Å². The molecule has 0 aliphatic heterocycles. The lowest BCUT2D eigenvalue weighted by molar-refractivity contribution is -0.148. The Morgan fingerprint density at radius 1 is 1.10 bits per heavy atom. The zero-order valence-corrected chi connectivity index (χ0v) is 13.0. The highest BCUT2D eigenvalue weighted by atomic mass is 16.6. The number of nitrogens with two attached hydrogens (primary N) is 1. The van der Waals surface area contributed by atoms with Crippen LogP contribution in [0.2, 0.25) is 0 Å². The average molecular weight is 294 g/mol. The molecule has 0 aromatic heterocycles. The van der Waals surface area contributed by atoms with Crippen molar-refractivity contribution in [1.82, 2.24) is 5.32 Å². The number of rotatable bonds is 3. The zero-order valence-electron chi connectivity index (χ0n) is 13.0. The standard InChI is InChI=1S/C15H22N2O4/c1-14(2,3)21-13(19)17-15(4,12(18)20-5)10-6-8-11(16)9-7-10/h6-9H,16H2,1-5H3,(H,17,19)/t15-/m1/s1. The van der Waals surface area contributed by atoms with Crippen LogP contribution < -0.4 is 11.1 Å². The van der Waals surface area contributed by atoms with Crippen LogP contribution in [0.5, 0.6) is 0 Å². The van der Waals surface area contributed by atoms with Gasteiger partial charge in [-0.05, 0) is 45.4 Å². The molecule has 0 aliphatic rings. The van der Waals surface area contributed by atoms with E-state index in [2.05, 4.69) is 5.32 Å². The van der Waals surface area contributed by atoms with Crippen molar-refractivity contribution in [2.24, 2.45) is 0 Å². The number of benzene rings is 1. The van der Waals surface area contributed by atoms with Gasteiger partial charge in [0.05, 0.1) is 7.11 Å². The molecule has 0 saturated heterocycles. The number of ether oxygens (including phenoxy) is 2. The third-order valence-corrected chi connectivity index (χ3v) is 2.83. The average Bonchev–Trinajstić information content (AvgIpc) is 2.35. The van der Waals surface area contributed by atoms with E-state index in [-0.39, 0.29) is 0 Å². The maximum atomic E-state index is 12.1. The molecule has 21 heavy (non-hydrogen) atoms. The molecule has 0 radical (unpaired) electrons. The first kappa shape index (κ1) is 16.8. The van der Waals surface area contributed by atoms with Gasteiger partial charge in [-0.25, -0.2) is 9.59 Å². The number of amides is 1. The molecule has 1 aromatic rings. The molecular weight excluding hydrogens is 272 g/mol. The Morgan fingerprint density at radius 2 is 1.62 bits per heavy atom. The fourth-order valence-corrected chi connectivity index (χ4v) is 1.77. The fourth-order valence-electron chi connectivity index (χ4n) is 1.77. The maximum absolute atomic E-state index is 12.1. The lowest BCUT2D eigenvalue weighted by Gasteiger charge is -2.30. The highest BCUT2D eigenvalue weighted by Gasteiger charge is 2.39. The molecule has 1 aromatic carbocycles. The van der Waals surface area contributed by atoms with Gasteiger partial charge in [0.1, 0.15) is 5.60 Å². The van der Waals surface area contributed by atoms with Gasteiger partial charge in [-0.3, -0.25) is 0 Å². The molecule has 6 heteroatoms. The largest absolute Gasteiger partial charge is 0.467 e. The summed E-state index contributed by atoms with van der Waals surface area (Å²) in [4.78, 5) is 24.1. The number of hydrogen-bond donors (Lipinski definition) is 2. The second kappa shape index (κ2) is 6.03. The summed E-state index contributed by atoms with van der Waals surface area (Å²) in [5, 5.41) is 2.56. The second-order valence-electron chi connectivity index (χ2n) is 5.87. The summed E-state index contributed by atoms with van der Waals surface area (Å²) in [5.41, 5.74) is 4.72. The van der Waals surface area contributed by atoms with E-state index in [1.54, 1.807) is 52.0 Å². The van der Waals surface area contributed by atoms with Crippen LogP contribution in [0, 0.1) is 0 Å². The number of carbonyl (C=O) groups is 2. The number of nitrogens with one attached hydrogen (secondary N) is 1. The summed E-state index contributed by atoms with van der Waals surface area (Å²) in [6, 6.07) is 6.60. The van der Waals surface area contributed by atoms with E-state index in [0.717, 1.165) is 0 Å². The molecule has 0 saturated carbocycles. The first-order valence-electron chi connectivity index (χ1n) is 6.54. The molecule has 6 nitrogen and oxygen atoms in total. The smallest absolute Gasteiger partial charge is 0.408 e. The van der Waals surface area contributed by atoms with E-state index in [1.165, 1.54) is 7.11 Å². The molecule has 0 heterocycles. The van der Waals surface area contributed by atoms with Crippen molar-refractivity contribution in [1.29, 1.82) is 0 Å². The van der Waals surface area contributed by atoms with Gasteiger partial charge in [-0.1, -0.05) is 12.1 Å². The summed E-state index contributed by atoms with van der Waals surface area (Å²) >= 11 is 0. The van der Waals surface area contributed by atoms with Crippen molar-refractivity contribution in [3.05, 3.63) is 29.8 Å². The Morgan fingerprint density at radius 3 is 2.05 bits per heavy atom. The van der Waals surface area contributed by atoms with E-state index < -0.39 is 23.2 Å². The maximum Gasteiger partial charge on any atom is 0.408 e. The van der Waals surface area contributed by atoms with E-state index in [4.69, 9.17) is 15.2 Å². The molecule has 3 N–H and O–H groups in total. The van der Waals surface area contributed by atoms with Crippen molar-refractivity contribution < 1.29 is 19.1 Å². The number of esters is 1. The Balaban J connectivity index is 3.08. The number of carbonyl (C=O) groups excluding carboxylic acids is 2. The lowest BCUT2D eigenvalue weighted by Crippen LogP contribution is -2.51. The summed E-state index contributed by atoms with van der Waals surface area (Å²) < 4.78 is 9.98. The van der Waals surface area contributed by atoms with E-state index in [1.807, 2.05) is 0 Å². The second-order valence-corrected chi connectivity index (χ2v) is 5.87. The van der Waals surface area contributed by atoms with Crippen molar-refractivity contribution in [3.8, 4) is 0 Å². The summed E-state index contributed by atoms with van der Waals surface area (Å²) in [6.45, 7) is 6.77. The number of hydrogen-bond acceptors (Lipinski definition) is 5. The molecule has 0 bridgehead atoms. The van der Waals surface area contributed by atoms with Crippen LogP contribution in [-0.4, -0.2) is 24.8 Å². The summed E-state index contributed by atoms with van der Waals surface area (Å²) in [6.07, 6.45) is -0.702. The molecule has 1 atom stereocenters. The minimum absolute atomic E-state index is 0.550. The van der Waals surface area contributed by atoms with Gasteiger partial charge < -0.3 is 20.5 Å². The van der Waals surface area contributed by atoms with E-state index >= 15 is 0 Å². The predicted molar refractivity (Wildman–Crippen MR) is 79.6 cm³/mol. The third-order valence-electron chi connectivity index (χ3n) is 2.83. The van der Waals surface area contributed by atoms with Gasteiger partial charge in [0.15, 0.2) is 5.54 Å². The third kappa shape index (κ3) is 4.37. The van der Waals surface area contributed by atoms with E-state index in [0.29, 0.717) is 11.3 Å². The van der Waals surface area contributed by atoms with Crippen LogP contribution in [-0.2, 0) is 19.8 Å². The van der Waals surface area contributed by atoms with Gasteiger partial charge in [0.2, 0.25) is 0 Å². The van der Waals surface area contributed by atoms with E-state index in [9.17, 15) is 9.59 Å². The predicted octanol–water partition coefficient (Wildman–Crippen LogP) is 2.18. The monoisotopic (exact) mass is 294 g/mol. The van der Waals surface area contributed by atoms with Crippen molar-refractivity contribution in [2.75, 3.05) is 12.8 Å². The number of alkyl carbamates (subject to hydrolysis) is 1. The summed E-state index contributed by atoms with van der Waals surface area (Å²) in [5.74, 6) is -0.599. The lowest BCUT2D eigenvalue weighted by atomic mass is 9.92. The van der Waals surface area contributed by atoms with Crippen LogP contribution in [0.25, 0.3) is 0 Å². The molecule has 1 rings (SSSR count). The van der Waals surface area contributed by atoms with Gasteiger partial charge in [-0.15, -0.1) is 0 Å². The topological polar surface area (TPSA) is 90.6 Å². The molecular formula is C15H22N2O4. The van der Waals surface area contributed by atoms with Crippen molar-refractivity contribution >= 4 is 17.7 Å². The number of nitrogen functional groups attached to an aromatic ring is 1. The Labute approximate surface area is 124 Å². The first-order chi connectivity index (χ1) is 9.58. The van der Waals surface area contributed by atoms with Crippen LogP contribution in [0.4, 0.5) is 10.5 Å². The molecule has 0 fully saturated rings. The Bertz CT molecular complexity index is 519. The highest BCUT2D eigenvalue weighted by molar-refractivity contribution is 5.86. The quantitative estimate of drug-likeness (QED) is 0.658. The fraction of sp³-hybridized carbons (Fsp3) is 0.467. The number of anilines is 1. The molecule has 1 amide bonds. The minimum atomic E-state index is -1.36. The van der Waals surface area contributed by atoms with Gasteiger partial charge in [0.25, 0.3) is 0 Å². The highest BCUT2D eigenvalue weighted by Crippen LogP contribution is 2.24. The van der Waals surface area contributed by atoms with Gasteiger partial charge in [0, 0.05) is 5.69 Å². The zero-order chi connectivity index (χ0) is 16.3. The molecule has 0 aliphatic carbocycles. The SMILES string of the molecule is COC(=O)[C@](C)(NC(=O)OC(C)(C)C)c1ccc(N)cc1. The van der Waals surface area contributed by atoms with Crippen molar-refractivity contribution in [2.45, 2.75) is 38.8 Å². The Kier molecular flexibility index (Phi) is 4.83. The van der Waals surface area contributed by atoms with Gasteiger partial charge in [-0.2, -0.15) is 0 Å². The molecule has 0 spiro atoms.